The van der Waals surface area contributed by atoms with E-state index in [2.05, 4.69) is 0 Å². The number of halogens is 2. The van der Waals surface area contributed by atoms with Crippen LogP contribution < -0.4 is 0 Å². The number of carbonyl (C=O) groups is 4. The van der Waals surface area contributed by atoms with Crippen molar-refractivity contribution in [3.8, 4) is 0 Å². The highest BCUT2D eigenvalue weighted by atomic mass is 19.1. The molecule has 0 saturated carbocycles. The summed E-state index contributed by atoms with van der Waals surface area (Å²) in [4.78, 5) is 52.6. The predicted molar refractivity (Wildman–Crippen MR) is 102 cm³/mol. The Morgan fingerprint density at radius 3 is 2.33 bits per heavy atom. The summed E-state index contributed by atoms with van der Waals surface area (Å²) >= 11 is 0. The first kappa shape index (κ1) is 19.9. The Hall–Kier alpha value is -3.42. The van der Waals surface area contributed by atoms with Crippen LogP contribution in [0.25, 0.3) is 0 Å². The molecule has 0 N–H and O–H groups in total. The fourth-order valence-electron chi connectivity index (χ4n) is 3.94. The van der Waals surface area contributed by atoms with Crippen LogP contribution in [0.3, 0.4) is 0 Å². The molecule has 154 valence electrons. The van der Waals surface area contributed by atoms with Gasteiger partial charge in [0.05, 0.1) is 16.7 Å². The predicted octanol–water partition coefficient (Wildman–Crippen LogP) is 2.68. The van der Waals surface area contributed by atoms with E-state index in [1.165, 1.54) is 17.0 Å². The van der Waals surface area contributed by atoms with E-state index >= 15 is 0 Å². The molecule has 2 heterocycles. The van der Waals surface area contributed by atoms with E-state index in [1.807, 2.05) is 0 Å². The van der Waals surface area contributed by atoms with E-state index in [-0.39, 0.29) is 23.2 Å². The molecule has 2 aromatic rings. The molecular weight excluding hydrogens is 394 g/mol. The Morgan fingerprint density at radius 2 is 1.67 bits per heavy atom. The Kier molecular flexibility index (Phi) is 5.15. The monoisotopic (exact) mass is 412 g/mol. The molecule has 1 atom stereocenters. The fraction of sp³-hybridized carbons (Fsp3) is 0.273. The Bertz CT molecular complexity index is 1030. The maximum absolute atomic E-state index is 14.0. The number of Topliss-reactive ketones (excluding diaryl/α,β-unsaturated/α-hetero) is 1. The highest BCUT2D eigenvalue weighted by Crippen LogP contribution is 2.25. The van der Waals surface area contributed by atoms with Crippen molar-refractivity contribution in [3.63, 3.8) is 0 Å². The van der Waals surface area contributed by atoms with Gasteiger partial charge in [0.2, 0.25) is 5.91 Å². The lowest BCUT2D eigenvalue weighted by molar-refractivity contribution is -0.132. The van der Waals surface area contributed by atoms with Crippen LogP contribution in [0.1, 0.15) is 43.9 Å². The van der Waals surface area contributed by atoms with Crippen LogP contribution in [0, 0.1) is 17.6 Å². The van der Waals surface area contributed by atoms with Crippen LogP contribution in [0.5, 0.6) is 0 Å². The van der Waals surface area contributed by atoms with Gasteiger partial charge in [0, 0.05) is 19.0 Å². The van der Waals surface area contributed by atoms with Crippen LogP contribution in [-0.2, 0) is 4.79 Å². The van der Waals surface area contributed by atoms with Gasteiger partial charge in [0.15, 0.2) is 5.78 Å². The second-order valence-electron chi connectivity index (χ2n) is 7.41. The molecule has 2 aromatic carbocycles. The summed E-state index contributed by atoms with van der Waals surface area (Å²) in [6.45, 7) is -0.0458. The molecule has 6 nitrogen and oxygen atoms in total. The Morgan fingerprint density at radius 1 is 1.00 bits per heavy atom. The highest BCUT2D eigenvalue weighted by Gasteiger charge is 2.38. The molecule has 1 saturated heterocycles. The molecule has 1 fully saturated rings. The fourth-order valence-corrected chi connectivity index (χ4v) is 3.94. The number of nitrogens with zero attached hydrogens (tertiary/aromatic N) is 2. The van der Waals surface area contributed by atoms with Crippen LogP contribution in [0.15, 0.2) is 42.5 Å². The summed E-state index contributed by atoms with van der Waals surface area (Å²) in [5.74, 6) is -4.30. The summed E-state index contributed by atoms with van der Waals surface area (Å²) in [5.41, 5.74) is 0.168. The van der Waals surface area contributed by atoms with E-state index in [4.69, 9.17) is 0 Å². The first-order valence-corrected chi connectivity index (χ1v) is 9.59. The molecule has 0 aliphatic carbocycles. The molecule has 0 aromatic heterocycles. The smallest absolute Gasteiger partial charge is 0.262 e. The van der Waals surface area contributed by atoms with Crippen LogP contribution in [0.4, 0.5) is 8.78 Å². The lowest BCUT2D eigenvalue weighted by atomic mass is 9.89. The van der Waals surface area contributed by atoms with Gasteiger partial charge in [0.1, 0.15) is 18.2 Å². The molecule has 0 radical (unpaired) electrons. The molecule has 0 bridgehead atoms. The van der Waals surface area contributed by atoms with Crippen LogP contribution in [-0.4, -0.2) is 52.9 Å². The van der Waals surface area contributed by atoms with Crippen molar-refractivity contribution in [2.24, 2.45) is 5.92 Å². The maximum Gasteiger partial charge on any atom is 0.262 e. The molecule has 0 unspecified atom stereocenters. The van der Waals surface area contributed by atoms with Crippen molar-refractivity contribution in [3.05, 3.63) is 70.8 Å². The molecule has 4 rings (SSSR count). The summed E-state index contributed by atoms with van der Waals surface area (Å²) in [5, 5.41) is 0. The topological polar surface area (TPSA) is 74.8 Å². The van der Waals surface area contributed by atoms with Gasteiger partial charge in [-0.3, -0.25) is 24.1 Å². The minimum Gasteiger partial charge on any atom is -0.340 e. The molecule has 2 aliphatic heterocycles. The van der Waals surface area contributed by atoms with E-state index in [1.54, 1.807) is 12.1 Å². The van der Waals surface area contributed by atoms with Gasteiger partial charge in [-0.15, -0.1) is 0 Å². The number of benzene rings is 2. The number of fused-ring (bicyclic) bond motifs is 1. The quantitative estimate of drug-likeness (QED) is 0.572. The zero-order valence-corrected chi connectivity index (χ0v) is 15.9. The normalized spacial score (nSPS) is 18.5. The number of hydrogen-bond acceptors (Lipinski definition) is 4. The summed E-state index contributed by atoms with van der Waals surface area (Å²) < 4.78 is 27.4. The minimum atomic E-state index is -0.809. The van der Waals surface area contributed by atoms with Gasteiger partial charge in [0.25, 0.3) is 11.8 Å². The Balaban J connectivity index is 1.46. The van der Waals surface area contributed by atoms with Gasteiger partial charge in [-0.2, -0.15) is 0 Å². The summed E-state index contributed by atoms with van der Waals surface area (Å²) in [7, 11) is 0. The highest BCUT2D eigenvalue weighted by molar-refractivity contribution is 6.22. The van der Waals surface area contributed by atoms with Gasteiger partial charge in [-0.05, 0) is 43.2 Å². The number of amides is 3. The number of likely N-dealkylation sites (tertiary alicyclic amines) is 1. The maximum atomic E-state index is 14.0. The third-order valence-corrected chi connectivity index (χ3v) is 5.51. The second-order valence-corrected chi connectivity index (χ2v) is 7.41. The third-order valence-electron chi connectivity index (χ3n) is 5.51. The molecule has 0 spiro atoms. The number of carbonyl (C=O) groups excluding carboxylic acids is 4. The molecule has 3 amide bonds. The largest absolute Gasteiger partial charge is 0.340 e. The van der Waals surface area contributed by atoms with E-state index in [9.17, 15) is 28.0 Å². The molecular formula is C22H18F2N2O4. The number of ketones is 1. The van der Waals surface area contributed by atoms with Crippen LogP contribution in [0.2, 0.25) is 0 Å². The first-order valence-electron chi connectivity index (χ1n) is 9.59. The van der Waals surface area contributed by atoms with E-state index in [0.717, 1.165) is 23.1 Å². The van der Waals surface area contributed by atoms with E-state index in [0.29, 0.717) is 19.4 Å². The zero-order chi connectivity index (χ0) is 21.4. The average Bonchev–Trinajstić information content (AvgIpc) is 3.00. The summed E-state index contributed by atoms with van der Waals surface area (Å²) in [6, 6.07) is 9.04. The lowest BCUT2D eigenvalue weighted by Gasteiger charge is -2.33. The SMILES string of the molecule is O=C(c1cc(F)ccc1F)[C@@H]1CCCN(C(=O)CN2C(=O)c3ccccc3C2=O)C1. The average molecular weight is 412 g/mol. The van der Waals surface area contributed by atoms with Crippen molar-refractivity contribution < 1.29 is 28.0 Å². The third kappa shape index (κ3) is 3.49. The Labute approximate surface area is 171 Å². The van der Waals surface area contributed by atoms with Gasteiger partial charge in [-0.25, -0.2) is 8.78 Å². The number of piperidine rings is 1. The standard InChI is InChI=1S/C22H18F2N2O4/c23-14-7-8-18(24)17(10-14)20(28)13-4-3-9-25(11-13)19(27)12-26-21(29)15-5-1-2-6-16(15)22(26)30/h1-2,5-8,10,13H,3-4,9,11-12H2/t13-/m1/s1. The molecule has 8 heteroatoms. The number of imide groups is 1. The van der Waals surface area contributed by atoms with Crippen LogP contribution >= 0.6 is 0 Å². The number of hydrogen-bond donors (Lipinski definition) is 0. The van der Waals surface area contributed by atoms with Crippen molar-refractivity contribution in [2.45, 2.75) is 12.8 Å². The van der Waals surface area contributed by atoms with Crippen molar-refractivity contribution in [2.75, 3.05) is 19.6 Å². The van der Waals surface area contributed by atoms with Crippen molar-refractivity contribution in [1.29, 1.82) is 0 Å². The molecule has 2 aliphatic rings. The van der Waals surface area contributed by atoms with Gasteiger partial charge < -0.3 is 4.90 Å². The van der Waals surface area contributed by atoms with Crippen molar-refractivity contribution in [1.82, 2.24) is 9.80 Å². The second kappa shape index (κ2) is 7.78. The first-order chi connectivity index (χ1) is 14.4. The van der Waals surface area contributed by atoms with Crippen molar-refractivity contribution >= 4 is 23.5 Å². The minimum absolute atomic E-state index is 0.0246. The zero-order valence-electron chi connectivity index (χ0n) is 15.9. The van der Waals surface area contributed by atoms with Gasteiger partial charge >= 0.3 is 0 Å². The van der Waals surface area contributed by atoms with Gasteiger partial charge in [-0.1, -0.05) is 12.1 Å². The van der Waals surface area contributed by atoms with E-state index < -0.39 is 47.6 Å². The summed E-state index contributed by atoms with van der Waals surface area (Å²) in [6.07, 6.45) is 0.937. The number of rotatable bonds is 4. The molecule has 30 heavy (non-hydrogen) atoms. The lowest BCUT2D eigenvalue weighted by Crippen LogP contribution is -2.47.